The summed E-state index contributed by atoms with van der Waals surface area (Å²) in [4.78, 5) is 11.8. The summed E-state index contributed by atoms with van der Waals surface area (Å²) in [5.41, 5.74) is -0.978. The summed E-state index contributed by atoms with van der Waals surface area (Å²) in [5, 5.41) is 11.1. The Kier molecular flexibility index (Phi) is 6.27. The predicted molar refractivity (Wildman–Crippen MR) is 91.2 cm³/mol. The standard InChI is InChI=1S/C17H34O4Si/c1-8-20-15(18)11-17(19)10-9-13(2)14(17)12-21-22(6,7)16(3,4)5/h13-14,19H,8-12H2,1-7H3/t13-,14+,17?/m0/s1. The van der Waals surface area contributed by atoms with Gasteiger partial charge in [-0.3, -0.25) is 4.79 Å². The molecule has 5 heteroatoms. The number of aliphatic hydroxyl groups is 1. The van der Waals surface area contributed by atoms with Gasteiger partial charge in [0, 0.05) is 12.5 Å². The summed E-state index contributed by atoms with van der Waals surface area (Å²) >= 11 is 0. The van der Waals surface area contributed by atoms with E-state index in [-0.39, 0.29) is 23.3 Å². The summed E-state index contributed by atoms with van der Waals surface area (Å²) in [6.45, 7) is 15.9. The van der Waals surface area contributed by atoms with Gasteiger partial charge in [-0.15, -0.1) is 0 Å². The van der Waals surface area contributed by atoms with E-state index in [2.05, 4.69) is 40.8 Å². The van der Waals surface area contributed by atoms with Crippen LogP contribution in [0, 0.1) is 11.8 Å². The number of hydrogen-bond acceptors (Lipinski definition) is 4. The van der Waals surface area contributed by atoms with Crippen molar-refractivity contribution in [3.8, 4) is 0 Å². The van der Waals surface area contributed by atoms with Gasteiger partial charge in [0.1, 0.15) is 0 Å². The molecular formula is C17H34O4Si. The molecule has 1 rings (SSSR count). The molecule has 0 heterocycles. The maximum atomic E-state index is 11.8. The quantitative estimate of drug-likeness (QED) is 0.595. The first kappa shape index (κ1) is 19.7. The first-order valence-corrected chi connectivity index (χ1v) is 11.4. The van der Waals surface area contributed by atoms with Crippen LogP contribution in [0.2, 0.25) is 18.1 Å². The van der Waals surface area contributed by atoms with Crippen LogP contribution < -0.4 is 0 Å². The molecule has 22 heavy (non-hydrogen) atoms. The highest BCUT2D eigenvalue weighted by molar-refractivity contribution is 6.74. The van der Waals surface area contributed by atoms with Crippen molar-refractivity contribution in [3.63, 3.8) is 0 Å². The maximum Gasteiger partial charge on any atom is 0.308 e. The van der Waals surface area contributed by atoms with Gasteiger partial charge < -0.3 is 14.3 Å². The van der Waals surface area contributed by atoms with Crippen molar-refractivity contribution < 1.29 is 19.1 Å². The predicted octanol–water partition coefficient (Wildman–Crippen LogP) is 3.74. The fourth-order valence-electron chi connectivity index (χ4n) is 2.91. The van der Waals surface area contributed by atoms with Crippen molar-refractivity contribution in [1.29, 1.82) is 0 Å². The molecule has 0 spiro atoms. The van der Waals surface area contributed by atoms with Crippen LogP contribution >= 0.6 is 0 Å². The van der Waals surface area contributed by atoms with Crippen molar-refractivity contribution in [1.82, 2.24) is 0 Å². The Hall–Kier alpha value is -0.393. The molecule has 1 saturated carbocycles. The lowest BCUT2D eigenvalue weighted by molar-refractivity contribution is -0.151. The van der Waals surface area contributed by atoms with Gasteiger partial charge in [-0.25, -0.2) is 0 Å². The lowest BCUT2D eigenvalue weighted by atomic mass is 9.85. The molecule has 0 aromatic rings. The van der Waals surface area contributed by atoms with E-state index in [1.54, 1.807) is 6.92 Å². The highest BCUT2D eigenvalue weighted by atomic mass is 28.4. The molecule has 0 amide bonds. The van der Waals surface area contributed by atoms with E-state index in [1.807, 2.05) is 0 Å². The zero-order chi connectivity index (χ0) is 17.2. The monoisotopic (exact) mass is 330 g/mol. The van der Waals surface area contributed by atoms with E-state index >= 15 is 0 Å². The summed E-state index contributed by atoms with van der Waals surface area (Å²) in [6.07, 6.45) is 1.66. The van der Waals surface area contributed by atoms with E-state index in [4.69, 9.17) is 9.16 Å². The van der Waals surface area contributed by atoms with E-state index in [9.17, 15) is 9.90 Å². The maximum absolute atomic E-state index is 11.8. The molecule has 130 valence electrons. The highest BCUT2D eigenvalue weighted by Crippen LogP contribution is 2.44. The van der Waals surface area contributed by atoms with E-state index in [0.29, 0.717) is 25.6 Å². The first-order chi connectivity index (χ1) is 9.93. The van der Waals surface area contributed by atoms with Crippen LogP contribution in [-0.2, 0) is 14.0 Å². The van der Waals surface area contributed by atoms with Crippen molar-refractivity contribution in [2.24, 2.45) is 11.8 Å². The van der Waals surface area contributed by atoms with Crippen LogP contribution in [0.15, 0.2) is 0 Å². The minimum absolute atomic E-state index is 0.00558. The topological polar surface area (TPSA) is 55.8 Å². The van der Waals surface area contributed by atoms with Gasteiger partial charge in [-0.1, -0.05) is 27.7 Å². The Morgan fingerprint density at radius 3 is 2.45 bits per heavy atom. The molecule has 0 saturated heterocycles. The third-order valence-corrected chi connectivity index (χ3v) is 10.1. The molecule has 1 unspecified atom stereocenters. The van der Waals surface area contributed by atoms with Crippen LogP contribution in [0.4, 0.5) is 0 Å². The van der Waals surface area contributed by atoms with Crippen LogP contribution in [0.3, 0.4) is 0 Å². The van der Waals surface area contributed by atoms with Crippen LogP contribution in [0.5, 0.6) is 0 Å². The molecule has 1 fully saturated rings. The largest absolute Gasteiger partial charge is 0.466 e. The van der Waals surface area contributed by atoms with Gasteiger partial charge in [-0.05, 0) is 43.8 Å². The van der Waals surface area contributed by atoms with Crippen LogP contribution in [0.1, 0.15) is 53.9 Å². The Bertz CT molecular complexity index is 389. The number of rotatable bonds is 6. The highest BCUT2D eigenvalue weighted by Gasteiger charge is 2.48. The van der Waals surface area contributed by atoms with Crippen LogP contribution in [-0.4, -0.2) is 38.2 Å². The van der Waals surface area contributed by atoms with Crippen molar-refractivity contribution in [2.75, 3.05) is 13.2 Å². The summed E-state index contributed by atoms with van der Waals surface area (Å²) in [7, 11) is -1.85. The molecule has 4 nitrogen and oxygen atoms in total. The Balaban J connectivity index is 2.75. The van der Waals surface area contributed by atoms with Gasteiger partial charge in [0.05, 0.1) is 18.6 Å². The second kappa shape index (κ2) is 7.01. The third kappa shape index (κ3) is 4.55. The second-order valence-corrected chi connectivity index (χ2v) is 13.1. The van der Waals surface area contributed by atoms with E-state index in [0.717, 1.165) is 6.42 Å². The fraction of sp³-hybridized carbons (Fsp3) is 0.941. The summed E-state index contributed by atoms with van der Waals surface area (Å²) in [6, 6.07) is 0. The molecular weight excluding hydrogens is 296 g/mol. The SMILES string of the molecule is CCOC(=O)CC1(O)CC[C@H](C)[C@H]1CO[Si](C)(C)C(C)(C)C. The Morgan fingerprint density at radius 1 is 1.36 bits per heavy atom. The lowest BCUT2D eigenvalue weighted by Gasteiger charge is -2.39. The number of carbonyl (C=O) groups excluding carboxylic acids is 1. The molecule has 3 atom stereocenters. The summed E-state index contributed by atoms with van der Waals surface area (Å²) in [5.74, 6) is 0.0617. The van der Waals surface area contributed by atoms with Crippen LogP contribution in [0.25, 0.3) is 0 Å². The molecule has 1 N–H and O–H groups in total. The fourth-order valence-corrected chi connectivity index (χ4v) is 3.94. The number of hydrogen-bond donors (Lipinski definition) is 1. The minimum Gasteiger partial charge on any atom is -0.466 e. The molecule has 0 bridgehead atoms. The number of ether oxygens (including phenoxy) is 1. The zero-order valence-corrected chi connectivity index (χ0v) is 16.4. The summed E-state index contributed by atoms with van der Waals surface area (Å²) < 4.78 is 11.3. The van der Waals surface area contributed by atoms with Gasteiger partial charge in [-0.2, -0.15) is 0 Å². The van der Waals surface area contributed by atoms with Gasteiger partial charge in [0.25, 0.3) is 0 Å². The zero-order valence-electron chi connectivity index (χ0n) is 15.4. The normalized spacial score (nSPS) is 29.6. The first-order valence-electron chi connectivity index (χ1n) is 8.45. The average molecular weight is 331 g/mol. The minimum atomic E-state index is -1.85. The molecule has 0 aromatic heterocycles. The van der Waals surface area contributed by atoms with Crippen molar-refractivity contribution in [2.45, 2.75) is 77.6 Å². The van der Waals surface area contributed by atoms with Crippen molar-refractivity contribution >= 4 is 14.3 Å². The Morgan fingerprint density at radius 2 is 1.95 bits per heavy atom. The van der Waals surface area contributed by atoms with E-state index < -0.39 is 13.9 Å². The number of carbonyl (C=O) groups is 1. The molecule has 1 aliphatic carbocycles. The third-order valence-electron chi connectivity index (χ3n) is 5.60. The molecule has 1 aliphatic rings. The average Bonchev–Trinajstić information content (AvgIpc) is 2.61. The second-order valence-electron chi connectivity index (χ2n) is 8.28. The van der Waals surface area contributed by atoms with Gasteiger partial charge >= 0.3 is 5.97 Å². The molecule has 0 radical (unpaired) electrons. The van der Waals surface area contributed by atoms with E-state index in [1.165, 1.54) is 0 Å². The Labute approximate surface area is 136 Å². The lowest BCUT2D eigenvalue weighted by Crippen LogP contribution is -2.46. The smallest absolute Gasteiger partial charge is 0.308 e. The van der Waals surface area contributed by atoms with Crippen molar-refractivity contribution in [3.05, 3.63) is 0 Å². The molecule has 0 aliphatic heterocycles. The van der Waals surface area contributed by atoms with Gasteiger partial charge in [0.2, 0.25) is 0 Å². The molecule has 0 aromatic carbocycles. The van der Waals surface area contributed by atoms with Gasteiger partial charge in [0.15, 0.2) is 8.32 Å². The number of esters is 1.